The molecule has 2 heterocycles. The highest BCUT2D eigenvalue weighted by Crippen LogP contribution is 2.12. The first-order valence-electron chi connectivity index (χ1n) is 9.42. The van der Waals surface area contributed by atoms with Crippen molar-refractivity contribution in [3.05, 3.63) is 24.4 Å². The zero-order chi connectivity index (χ0) is 18.9. The van der Waals surface area contributed by atoms with Gasteiger partial charge in [-0.05, 0) is 25.0 Å². The van der Waals surface area contributed by atoms with Crippen molar-refractivity contribution >= 4 is 17.7 Å². The summed E-state index contributed by atoms with van der Waals surface area (Å²) in [7, 11) is 1.75. The van der Waals surface area contributed by atoms with Crippen LogP contribution in [0.4, 0.5) is 5.82 Å². The minimum Gasteiger partial charge on any atom is -0.356 e. The van der Waals surface area contributed by atoms with Crippen LogP contribution in [-0.2, 0) is 4.79 Å². The average Bonchev–Trinajstić information content (AvgIpc) is 2.67. The molecule has 1 fully saturated rings. The van der Waals surface area contributed by atoms with E-state index in [0.29, 0.717) is 24.9 Å². The Kier molecular flexibility index (Phi) is 7.69. The van der Waals surface area contributed by atoms with Crippen molar-refractivity contribution in [1.82, 2.24) is 20.5 Å². The van der Waals surface area contributed by atoms with Crippen molar-refractivity contribution in [3.63, 3.8) is 0 Å². The molecule has 1 atom stereocenters. The molecule has 1 aromatic heterocycles. The molecule has 0 saturated carbocycles. The largest absolute Gasteiger partial charge is 0.356 e. The Balaban J connectivity index is 1.70. The number of hydrogen-bond acceptors (Lipinski definition) is 4. The van der Waals surface area contributed by atoms with Crippen LogP contribution in [-0.4, -0.2) is 67.6 Å². The number of nitrogens with zero attached hydrogens (tertiary/aromatic N) is 4. The van der Waals surface area contributed by atoms with E-state index in [1.54, 1.807) is 13.2 Å². The number of carbonyl (C=O) groups is 1. The molecule has 1 unspecified atom stereocenters. The van der Waals surface area contributed by atoms with Crippen LogP contribution in [0.25, 0.3) is 0 Å². The summed E-state index contributed by atoms with van der Waals surface area (Å²) in [5, 5.41) is 6.57. The van der Waals surface area contributed by atoms with Crippen molar-refractivity contribution in [2.24, 2.45) is 10.9 Å². The van der Waals surface area contributed by atoms with Crippen LogP contribution in [0.3, 0.4) is 0 Å². The summed E-state index contributed by atoms with van der Waals surface area (Å²) in [6.07, 6.45) is 2.28. The Morgan fingerprint density at radius 1 is 1.23 bits per heavy atom. The maximum absolute atomic E-state index is 12.4. The van der Waals surface area contributed by atoms with Gasteiger partial charge in [-0.1, -0.05) is 19.9 Å². The van der Waals surface area contributed by atoms with Crippen LogP contribution in [0.5, 0.6) is 0 Å². The quantitative estimate of drug-likeness (QED) is 0.591. The molecule has 7 heteroatoms. The lowest BCUT2D eigenvalue weighted by Gasteiger charge is -2.35. The Labute approximate surface area is 156 Å². The number of nitrogens with one attached hydrogen (secondary N) is 2. The second-order valence-electron chi connectivity index (χ2n) is 6.98. The summed E-state index contributed by atoms with van der Waals surface area (Å²) >= 11 is 0. The number of aromatic nitrogens is 1. The van der Waals surface area contributed by atoms with Crippen molar-refractivity contribution < 1.29 is 4.79 Å². The van der Waals surface area contributed by atoms with Crippen molar-refractivity contribution in [1.29, 1.82) is 0 Å². The lowest BCUT2D eigenvalue weighted by molar-refractivity contribution is -0.131. The Bertz CT molecular complexity index is 581. The van der Waals surface area contributed by atoms with Crippen molar-refractivity contribution in [3.8, 4) is 0 Å². The van der Waals surface area contributed by atoms with Crippen LogP contribution in [0.15, 0.2) is 29.4 Å². The Morgan fingerprint density at radius 2 is 1.96 bits per heavy atom. The van der Waals surface area contributed by atoms with Gasteiger partial charge in [0.05, 0.1) is 0 Å². The van der Waals surface area contributed by atoms with E-state index in [9.17, 15) is 4.79 Å². The van der Waals surface area contributed by atoms with E-state index in [1.807, 2.05) is 23.1 Å². The highest BCUT2D eigenvalue weighted by molar-refractivity contribution is 5.81. The molecule has 26 heavy (non-hydrogen) atoms. The molecule has 0 aliphatic carbocycles. The number of aliphatic imine (C=N–C) groups is 1. The molecule has 0 bridgehead atoms. The number of pyridine rings is 1. The van der Waals surface area contributed by atoms with Crippen LogP contribution in [0.2, 0.25) is 0 Å². The fraction of sp³-hybridized carbons (Fsp3) is 0.632. The summed E-state index contributed by atoms with van der Waals surface area (Å²) in [6.45, 7) is 10.2. The number of hydrogen-bond donors (Lipinski definition) is 2. The second kappa shape index (κ2) is 9.99. The topological polar surface area (TPSA) is 72.9 Å². The summed E-state index contributed by atoms with van der Waals surface area (Å²) in [5.74, 6) is 2.44. The summed E-state index contributed by atoms with van der Waals surface area (Å²) in [6, 6.07) is 6.25. The normalized spacial score (nSPS) is 16.6. The zero-order valence-electron chi connectivity index (χ0n) is 16.4. The van der Waals surface area contributed by atoms with Gasteiger partial charge >= 0.3 is 0 Å². The molecule has 2 rings (SSSR count). The van der Waals surface area contributed by atoms with E-state index < -0.39 is 0 Å². The second-order valence-corrected chi connectivity index (χ2v) is 6.98. The highest BCUT2D eigenvalue weighted by atomic mass is 16.2. The smallest absolute Gasteiger partial charge is 0.224 e. The molecular formula is C19H32N6O. The van der Waals surface area contributed by atoms with Gasteiger partial charge in [0.25, 0.3) is 0 Å². The number of anilines is 1. The van der Waals surface area contributed by atoms with Gasteiger partial charge in [0.15, 0.2) is 5.96 Å². The van der Waals surface area contributed by atoms with Gasteiger partial charge in [0.2, 0.25) is 5.91 Å². The number of rotatable bonds is 6. The Hall–Kier alpha value is -2.31. The van der Waals surface area contributed by atoms with Crippen molar-refractivity contribution in [2.75, 3.05) is 44.7 Å². The van der Waals surface area contributed by atoms with E-state index in [1.165, 1.54) is 0 Å². The van der Waals surface area contributed by atoms with Gasteiger partial charge in [-0.2, -0.15) is 0 Å². The van der Waals surface area contributed by atoms with Gasteiger partial charge < -0.3 is 20.4 Å². The third-order valence-electron chi connectivity index (χ3n) is 4.82. The fourth-order valence-corrected chi connectivity index (χ4v) is 2.75. The molecule has 1 aliphatic heterocycles. The number of amides is 1. The lowest BCUT2D eigenvalue weighted by Crippen LogP contribution is -2.50. The minimum atomic E-state index is 0.186. The fourth-order valence-electron chi connectivity index (χ4n) is 2.75. The van der Waals surface area contributed by atoms with Crippen molar-refractivity contribution in [2.45, 2.75) is 33.2 Å². The first-order valence-corrected chi connectivity index (χ1v) is 9.42. The predicted octanol–water partition coefficient (Wildman–Crippen LogP) is 1.33. The van der Waals surface area contributed by atoms with Gasteiger partial charge in [0, 0.05) is 58.4 Å². The van der Waals surface area contributed by atoms with Gasteiger partial charge in [-0.15, -0.1) is 0 Å². The summed E-state index contributed by atoms with van der Waals surface area (Å²) in [4.78, 5) is 25.2. The molecule has 1 saturated heterocycles. The minimum absolute atomic E-state index is 0.186. The molecule has 1 aromatic rings. The molecule has 0 radical (unpaired) electrons. The molecule has 7 nitrogen and oxygen atoms in total. The standard InChI is InChI=1S/C19H32N6O/c1-15(2)16(3)23-19(20-4)22-10-8-18(26)25-13-11-24(12-14-25)17-7-5-6-9-21-17/h5-7,9,15-16H,8,10-14H2,1-4H3,(H2,20,22,23). The van der Waals surface area contributed by atoms with Crippen LogP contribution >= 0.6 is 0 Å². The maximum atomic E-state index is 12.4. The summed E-state index contributed by atoms with van der Waals surface area (Å²) in [5.41, 5.74) is 0. The first-order chi connectivity index (χ1) is 12.5. The molecule has 0 spiro atoms. The Morgan fingerprint density at radius 3 is 2.54 bits per heavy atom. The molecule has 1 aliphatic rings. The first kappa shape index (κ1) is 20.0. The molecule has 144 valence electrons. The highest BCUT2D eigenvalue weighted by Gasteiger charge is 2.21. The summed E-state index contributed by atoms with van der Waals surface area (Å²) < 4.78 is 0. The van der Waals surface area contributed by atoms with E-state index in [-0.39, 0.29) is 5.91 Å². The van der Waals surface area contributed by atoms with Gasteiger partial charge in [-0.3, -0.25) is 9.79 Å². The third-order valence-corrected chi connectivity index (χ3v) is 4.82. The zero-order valence-corrected chi connectivity index (χ0v) is 16.4. The van der Waals surface area contributed by atoms with E-state index in [2.05, 4.69) is 46.3 Å². The van der Waals surface area contributed by atoms with Gasteiger partial charge in [0.1, 0.15) is 5.82 Å². The van der Waals surface area contributed by atoms with Crippen LogP contribution in [0.1, 0.15) is 27.2 Å². The number of piperazine rings is 1. The van der Waals surface area contributed by atoms with Gasteiger partial charge in [-0.25, -0.2) is 4.98 Å². The number of carbonyl (C=O) groups excluding carboxylic acids is 1. The third kappa shape index (κ3) is 5.89. The average molecular weight is 361 g/mol. The maximum Gasteiger partial charge on any atom is 0.224 e. The SMILES string of the molecule is CN=C(NCCC(=O)N1CCN(c2ccccn2)CC1)NC(C)C(C)C. The predicted molar refractivity (Wildman–Crippen MR) is 106 cm³/mol. The molecule has 0 aromatic carbocycles. The molecule has 2 N–H and O–H groups in total. The number of guanidine groups is 1. The van der Waals surface area contributed by atoms with E-state index >= 15 is 0 Å². The molecule has 1 amide bonds. The monoisotopic (exact) mass is 360 g/mol. The van der Waals surface area contributed by atoms with Crippen LogP contribution in [0, 0.1) is 5.92 Å². The van der Waals surface area contributed by atoms with E-state index in [0.717, 1.165) is 38.0 Å². The lowest BCUT2D eigenvalue weighted by atomic mass is 10.1. The van der Waals surface area contributed by atoms with Crippen LogP contribution < -0.4 is 15.5 Å². The molecular weight excluding hydrogens is 328 g/mol. The van der Waals surface area contributed by atoms with E-state index in [4.69, 9.17) is 0 Å².